The monoisotopic (exact) mass is 487 g/mol. The Morgan fingerprint density at radius 3 is 2.54 bits per heavy atom. The number of ether oxygens (including phenoxy) is 2. The number of benzene rings is 2. The second kappa shape index (κ2) is 9.52. The van der Waals surface area contributed by atoms with E-state index in [1.54, 1.807) is 6.07 Å². The first kappa shape index (κ1) is 24.4. The van der Waals surface area contributed by atoms with E-state index < -0.39 is 47.6 Å². The van der Waals surface area contributed by atoms with Crippen LogP contribution in [-0.4, -0.2) is 42.5 Å². The molecule has 2 atom stereocenters. The molecule has 2 aromatic rings. The predicted molar refractivity (Wildman–Crippen MR) is 122 cm³/mol. The molecular weight excluding hydrogens is 460 g/mol. The van der Waals surface area contributed by atoms with E-state index in [4.69, 9.17) is 9.47 Å². The highest BCUT2D eigenvalue weighted by Crippen LogP contribution is 2.35. The molecule has 8 nitrogen and oxygen atoms in total. The Morgan fingerprint density at radius 2 is 1.83 bits per heavy atom. The van der Waals surface area contributed by atoms with Crippen molar-refractivity contribution in [2.45, 2.75) is 38.8 Å². The lowest BCUT2D eigenvalue weighted by molar-refractivity contribution is -0.135. The SMILES string of the molecule is CC(C)[C@@H](NC(=O)CN1C(=O)N[C@](C)(c2cc(F)ccc2F)C1=O)c1ccc2c(c1)OCCCO2. The van der Waals surface area contributed by atoms with Crippen molar-refractivity contribution in [3.63, 3.8) is 0 Å². The maximum atomic E-state index is 14.4. The van der Waals surface area contributed by atoms with Gasteiger partial charge in [-0.05, 0) is 48.7 Å². The van der Waals surface area contributed by atoms with Crippen LogP contribution in [0.15, 0.2) is 36.4 Å². The van der Waals surface area contributed by atoms with Crippen LogP contribution >= 0.6 is 0 Å². The van der Waals surface area contributed by atoms with E-state index in [1.807, 2.05) is 26.0 Å². The van der Waals surface area contributed by atoms with Gasteiger partial charge in [0.05, 0.1) is 19.3 Å². The number of amides is 4. The fraction of sp³-hybridized carbons (Fsp3) is 0.400. The zero-order chi connectivity index (χ0) is 25.3. The molecule has 10 heteroatoms. The normalized spacial score (nSPS) is 20.5. The maximum absolute atomic E-state index is 14.4. The second-order valence-corrected chi connectivity index (χ2v) is 9.12. The van der Waals surface area contributed by atoms with Gasteiger partial charge in [0.1, 0.15) is 23.7 Å². The third-order valence-electron chi connectivity index (χ3n) is 6.16. The molecule has 2 N–H and O–H groups in total. The van der Waals surface area contributed by atoms with Crippen LogP contribution < -0.4 is 20.1 Å². The Balaban J connectivity index is 1.51. The number of carbonyl (C=O) groups excluding carboxylic acids is 3. The Kier molecular flexibility index (Phi) is 6.64. The van der Waals surface area contributed by atoms with Gasteiger partial charge in [0, 0.05) is 12.0 Å². The van der Waals surface area contributed by atoms with Crippen molar-refractivity contribution < 1.29 is 32.6 Å². The van der Waals surface area contributed by atoms with Crippen LogP contribution in [0.2, 0.25) is 0 Å². The summed E-state index contributed by atoms with van der Waals surface area (Å²) < 4.78 is 39.5. The minimum atomic E-state index is -1.84. The predicted octanol–water partition coefficient (Wildman–Crippen LogP) is 3.41. The molecule has 1 saturated heterocycles. The molecule has 186 valence electrons. The van der Waals surface area contributed by atoms with Gasteiger partial charge in [-0.2, -0.15) is 0 Å². The van der Waals surface area contributed by atoms with Crippen molar-refractivity contribution in [2.24, 2.45) is 5.92 Å². The van der Waals surface area contributed by atoms with Gasteiger partial charge in [-0.3, -0.25) is 14.5 Å². The van der Waals surface area contributed by atoms with Crippen LogP contribution in [0, 0.1) is 17.6 Å². The zero-order valence-corrected chi connectivity index (χ0v) is 19.7. The standard InChI is InChI=1S/C25H27F2N3O5/c1-14(2)22(15-5-8-19-20(11-15)35-10-4-9-34-19)28-21(31)13-30-23(32)25(3,29-24(30)33)17-12-16(26)6-7-18(17)27/h5-8,11-12,14,22H,4,9-10,13H2,1-3H3,(H,28,31)(H,29,33)/t22-,25-/m1/s1. The van der Waals surface area contributed by atoms with Crippen LogP contribution in [-0.2, 0) is 15.1 Å². The minimum Gasteiger partial charge on any atom is -0.490 e. The molecule has 2 aliphatic rings. The van der Waals surface area contributed by atoms with E-state index in [2.05, 4.69) is 10.6 Å². The largest absolute Gasteiger partial charge is 0.490 e. The number of rotatable bonds is 6. The number of halogens is 2. The van der Waals surface area contributed by atoms with Crippen LogP contribution in [0.4, 0.5) is 13.6 Å². The maximum Gasteiger partial charge on any atom is 0.325 e. The Morgan fingerprint density at radius 1 is 1.11 bits per heavy atom. The zero-order valence-electron chi connectivity index (χ0n) is 19.7. The molecule has 2 aliphatic heterocycles. The third-order valence-corrected chi connectivity index (χ3v) is 6.16. The topological polar surface area (TPSA) is 97.0 Å². The Hall–Kier alpha value is -3.69. The van der Waals surface area contributed by atoms with Crippen molar-refractivity contribution in [1.82, 2.24) is 15.5 Å². The highest BCUT2D eigenvalue weighted by atomic mass is 19.1. The lowest BCUT2D eigenvalue weighted by Gasteiger charge is -2.25. The van der Waals surface area contributed by atoms with Crippen LogP contribution in [0.25, 0.3) is 0 Å². The molecule has 0 radical (unpaired) electrons. The van der Waals surface area contributed by atoms with Crippen molar-refractivity contribution in [1.29, 1.82) is 0 Å². The van der Waals surface area contributed by atoms with Gasteiger partial charge < -0.3 is 20.1 Å². The van der Waals surface area contributed by atoms with Crippen LogP contribution in [0.1, 0.15) is 44.4 Å². The number of fused-ring (bicyclic) bond motifs is 1. The van der Waals surface area contributed by atoms with E-state index in [1.165, 1.54) is 6.92 Å². The summed E-state index contributed by atoms with van der Waals surface area (Å²) in [7, 11) is 0. The fourth-order valence-electron chi connectivity index (χ4n) is 4.27. The fourth-order valence-corrected chi connectivity index (χ4v) is 4.27. The molecule has 0 saturated carbocycles. The first-order chi connectivity index (χ1) is 16.6. The molecule has 0 bridgehead atoms. The molecule has 2 aromatic carbocycles. The lowest BCUT2D eigenvalue weighted by atomic mass is 9.91. The Labute approximate surface area is 201 Å². The van der Waals surface area contributed by atoms with Crippen molar-refractivity contribution in [3.05, 3.63) is 59.2 Å². The first-order valence-electron chi connectivity index (χ1n) is 11.4. The van der Waals surface area contributed by atoms with E-state index in [9.17, 15) is 23.2 Å². The van der Waals surface area contributed by atoms with E-state index in [0.717, 1.165) is 30.2 Å². The van der Waals surface area contributed by atoms with Crippen LogP contribution in [0.3, 0.4) is 0 Å². The van der Waals surface area contributed by atoms with Crippen molar-refractivity contribution in [3.8, 4) is 11.5 Å². The average Bonchev–Trinajstić information content (AvgIpc) is 2.97. The Bertz CT molecular complexity index is 1170. The van der Waals surface area contributed by atoms with Gasteiger partial charge >= 0.3 is 6.03 Å². The van der Waals surface area contributed by atoms with E-state index >= 15 is 0 Å². The molecule has 0 aliphatic carbocycles. The highest BCUT2D eigenvalue weighted by Gasteiger charge is 2.51. The van der Waals surface area contributed by atoms with Gasteiger partial charge in [-0.25, -0.2) is 13.6 Å². The molecule has 0 aromatic heterocycles. The third kappa shape index (κ3) is 4.78. The number of nitrogens with one attached hydrogen (secondary N) is 2. The van der Waals surface area contributed by atoms with Crippen LogP contribution in [0.5, 0.6) is 11.5 Å². The molecule has 35 heavy (non-hydrogen) atoms. The van der Waals surface area contributed by atoms with Crippen molar-refractivity contribution in [2.75, 3.05) is 19.8 Å². The minimum absolute atomic E-state index is 0.0292. The summed E-state index contributed by atoms with van der Waals surface area (Å²) in [6.07, 6.45) is 0.763. The quantitative estimate of drug-likeness (QED) is 0.609. The summed E-state index contributed by atoms with van der Waals surface area (Å²) in [5, 5.41) is 5.26. The average molecular weight is 488 g/mol. The molecule has 0 unspecified atom stereocenters. The number of carbonyl (C=O) groups is 3. The first-order valence-corrected chi connectivity index (χ1v) is 11.4. The summed E-state index contributed by atoms with van der Waals surface area (Å²) in [6, 6.07) is 6.77. The van der Waals surface area contributed by atoms with Gasteiger partial charge in [0.25, 0.3) is 5.91 Å². The van der Waals surface area contributed by atoms with Gasteiger partial charge in [0.15, 0.2) is 11.5 Å². The summed E-state index contributed by atoms with van der Waals surface area (Å²) >= 11 is 0. The summed E-state index contributed by atoms with van der Waals surface area (Å²) in [4.78, 5) is 39.2. The highest BCUT2D eigenvalue weighted by molar-refractivity contribution is 6.09. The molecular formula is C25H27F2N3O5. The number of hydrogen-bond donors (Lipinski definition) is 2. The second-order valence-electron chi connectivity index (χ2n) is 9.12. The lowest BCUT2D eigenvalue weighted by Crippen LogP contribution is -2.44. The molecule has 2 heterocycles. The van der Waals surface area contributed by atoms with Gasteiger partial charge in [-0.1, -0.05) is 19.9 Å². The summed E-state index contributed by atoms with van der Waals surface area (Å²) in [5.41, 5.74) is -1.37. The molecule has 4 amide bonds. The summed E-state index contributed by atoms with van der Waals surface area (Å²) in [5.74, 6) is -1.84. The van der Waals surface area contributed by atoms with Gasteiger partial charge in [0.2, 0.25) is 5.91 Å². The van der Waals surface area contributed by atoms with Crippen molar-refractivity contribution >= 4 is 17.8 Å². The number of urea groups is 1. The number of imide groups is 1. The van der Waals surface area contributed by atoms with Gasteiger partial charge in [-0.15, -0.1) is 0 Å². The molecule has 4 rings (SSSR count). The molecule has 1 fully saturated rings. The molecule has 0 spiro atoms. The summed E-state index contributed by atoms with van der Waals surface area (Å²) in [6.45, 7) is 5.62. The smallest absolute Gasteiger partial charge is 0.325 e. The number of hydrogen-bond acceptors (Lipinski definition) is 5. The number of nitrogens with zero attached hydrogens (tertiary/aromatic N) is 1. The van der Waals surface area contributed by atoms with E-state index in [-0.39, 0.29) is 11.5 Å². The van der Waals surface area contributed by atoms with E-state index in [0.29, 0.717) is 29.6 Å².